The molecular weight excluding hydrogens is 288 g/mol. The Balaban J connectivity index is 1.80. The van der Waals surface area contributed by atoms with E-state index in [1.54, 1.807) is 0 Å². The van der Waals surface area contributed by atoms with Crippen molar-refractivity contribution < 1.29 is 19.2 Å². The second-order valence-electron chi connectivity index (χ2n) is 5.93. The summed E-state index contributed by atoms with van der Waals surface area (Å²) in [7, 11) is 0. The van der Waals surface area contributed by atoms with Crippen LogP contribution >= 0.6 is 0 Å². The van der Waals surface area contributed by atoms with E-state index >= 15 is 0 Å². The van der Waals surface area contributed by atoms with E-state index < -0.39 is 12.1 Å². The van der Waals surface area contributed by atoms with Crippen LogP contribution in [-0.2, 0) is 19.2 Å². The molecule has 0 unspecified atom stereocenters. The maximum absolute atomic E-state index is 12.2. The van der Waals surface area contributed by atoms with Gasteiger partial charge in [-0.1, -0.05) is 0 Å². The lowest BCUT2D eigenvalue weighted by atomic mass is 10.2. The van der Waals surface area contributed by atoms with Crippen molar-refractivity contribution in [3.05, 3.63) is 0 Å². The van der Waals surface area contributed by atoms with Crippen LogP contribution in [0.15, 0.2) is 0 Å². The highest BCUT2D eigenvalue weighted by Crippen LogP contribution is 2.20. The smallest absolute Gasteiger partial charge is 0.243 e. The Labute approximate surface area is 128 Å². The lowest BCUT2D eigenvalue weighted by Gasteiger charge is -2.28. The average Bonchev–Trinajstić information content (AvgIpc) is 3.16. The van der Waals surface area contributed by atoms with Gasteiger partial charge in [0, 0.05) is 13.1 Å². The molecule has 8 heteroatoms. The molecule has 3 saturated heterocycles. The summed E-state index contributed by atoms with van der Waals surface area (Å²) in [5.41, 5.74) is 0. The summed E-state index contributed by atoms with van der Waals surface area (Å²) >= 11 is 0. The van der Waals surface area contributed by atoms with Gasteiger partial charge in [-0.05, 0) is 25.7 Å². The van der Waals surface area contributed by atoms with Gasteiger partial charge in [-0.25, -0.2) is 0 Å². The molecule has 2 atom stereocenters. The van der Waals surface area contributed by atoms with E-state index in [4.69, 9.17) is 0 Å². The van der Waals surface area contributed by atoms with Gasteiger partial charge in [-0.3, -0.25) is 19.2 Å². The third kappa shape index (κ3) is 2.65. The molecule has 0 spiro atoms. The van der Waals surface area contributed by atoms with Gasteiger partial charge in [0.2, 0.25) is 23.6 Å². The Hall–Kier alpha value is -2.12. The Bertz CT molecular complexity index is 431. The maximum atomic E-state index is 12.2. The zero-order valence-electron chi connectivity index (χ0n) is 12.3. The van der Waals surface area contributed by atoms with Crippen LogP contribution in [0.1, 0.15) is 25.7 Å². The first-order valence-electron chi connectivity index (χ1n) is 7.72. The molecule has 0 aliphatic carbocycles. The van der Waals surface area contributed by atoms with Crippen molar-refractivity contribution in [1.82, 2.24) is 20.4 Å². The fourth-order valence-corrected chi connectivity index (χ4v) is 3.44. The van der Waals surface area contributed by atoms with Crippen LogP contribution in [0.25, 0.3) is 0 Å². The van der Waals surface area contributed by atoms with Crippen molar-refractivity contribution in [2.45, 2.75) is 37.8 Å². The molecule has 0 radical (unpaired) electrons. The fourth-order valence-electron chi connectivity index (χ4n) is 3.44. The lowest BCUT2D eigenvalue weighted by molar-refractivity contribution is -0.143. The minimum Gasteiger partial charge on any atom is -0.345 e. The molecule has 4 amide bonds. The molecule has 8 nitrogen and oxygen atoms in total. The number of rotatable bonds is 0. The van der Waals surface area contributed by atoms with Gasteiger partial charge in [0.05, 0.1) is 13.1 Å². The number of hydrogen-bond donors (Lipinski definition) is 2. The summed E-state index contributed by atoms with van der Waals surface area (Å²) in [5.74, 6) is -1.08. The monoisotopic (exact) mass is 308 g/mol. The minimum atomic E-state index is -0.536. The number of amides is 4. The third-order valence-electron chi connectivity index (χ3n) is 4.58. The molecule has 2 N–H and O–H groups in total. The number of nitrogens with one attached hydrogen (secondary N) is 2. The summed E-state index contributed by atoms with van der Waals surface area (Å²) in [6.45, 7) is 0.773. The fraction of sp³-hybridized carbons (Fsp3) is 0.714. The zero-order chi connectivity index (χ0) is 15.7. The normalized spacial score (nSPS) is 30.2. The van der Waals surface area contributed by atoms with Crippen molar-refractivity contribution in [1.29, 1.82) is 0 Å². The highest BCUT2D eigenvalue weighted by molar-refractivity contribution is 5.95. The van der Waals surface area contributed by atoms with E-state index in [2.05, 4.69) is 10.6 Å². The Morgan fingerprint density at radius 3 is 1.55 bits per heavy atom. The van der Waals surface area contributed by atoms with Gasteiger partial charge < -0.3 is 20.4 Å². The molecule has 0 aromatic rings. The molecule has 3 aliphatic rings. The van der Waals surface area contributed by atoms with E-state index in [1.807, 2.05) is 0 Å². The molecular formula is C14H20N4O4. The molecule has 3 fully saturated rings. The maximum Gasteiger partial charge on any atom is 0.243 e. The molecule has 0 aromatic heterocycles. The van der Waals surface area contributed by atoms with E-state index in [-0.39, 0.29) is 36.7 Å². The molecule has 0 saturated carbocycles. The highest BCUT2D eigenvalue weighted by atomic mass is 16.2. The van der Waals surface area contributed by atoms with E-state index in [0.29, 0.717) is 25.9 Å². The van der Waals surface area contributed by atoms with Crippen molar-refractivity contribution >= 4 is 23.6 Å². The summed E-state index contributed by atoms with van der Waals surface area (Å²) in [4.78, 5) is 51.8. The number of hydrogen-bond acceptors (Lipinski definition) is 4. The largest absolute Gasteiger partial charge is 0.345 e. The topological polar surface area (TPSA) is 98.8 Å². The standard InChI is InChI=1S/C14H20N4O4/c19-11-7-16-14(22)10-4-2-6-18(10)12(20)8-15-13(21)9-3-1-5-17(9)11/h9-10H,1-8H2,(H,15,21)(H,16,22)/t9-,10-/m0/s1. The first kappa shape index (κ1) is 14.8. The van der Waals surface area contributed by atoms with Crippen molar-refractivity contribution in [2.24, 2.45) is 0 Å². The highest BCUT2D eigenvalue weighted by Gasteiger charge is 2.38. The SMILES string of the molecule is O=C1NCC(=O)N2CCC[C@H]2C(=O)NCC(=O)N2CCC[C@@H]12. The van der Waals surface area contributed by atoms with Gasteiger partial charge in [-0.2, -0.15) is 0 Å². The molecule has 3 aliphatic heterocycles. The second kappa shape index (κ2) is 5.94. The lowest BCUT2D eigenvalue weighted by Crippen LogP contribution is -2.55. The number of carbonyl (C=O) groups excluding carboxylic acids is 4. The first-order chi connectivity index (χ1) is 10.6. The van der Waals surface area contributed by atoms with Crippen molar-refractivity contribution in [3.63, 3.8) is 0 Å². The molecule has 22 heavy (non-hydrogen) atoms. The van der Waals surface area contributed by atoms with E-state index in [1.165, 1.54) is 9.80 Å². The Morgan fingerprint density at radius 2 is 1.14 bits per heavy atom. The van der Waals surface area contributed by atoms with Crippen LogP contribution in [0.5, 0.6) is 0 Å². The van der Waals surface area contributed by atoms with Crippen molar-refractivity contribution in [2.75, 3.05) is 26.2 Å². The Kier molecular flexibility index (Phi) is 4.00. The molecule has 0 aromatic carbocycles. The number of nitrogens with zero attached hydrogens (tertiary/aromatic N) is 2. The van der Waals surface area contributed by atoms with Crippen LogP contribution in [-0.4, -0.2) is 71.7 Å². The van der Waals surface area contributed by atoms with Crippen LogP contribution in [0, 0.1) is 0 Å². The van der Waals surface area contributed by atoms with E-state index in [9.17, 15) is 19.2 Å². The summed E-state index contributed by atoms with van der Waals surface area (Å²) in [6.07, 6.45) is 2.68. The second-order valence-corrected chi connectivity index (χ2v) is 5.93. The third-order valence-corrected chi connectivity index (χ3v) is 4.58. The van der Waals surface area contributed by atoms with Gasteiger partial charge in [0.1, 0.15) is 12.1 Å². The minimum absolute atomic E-state index is 0.124. The number of fused-ring (bicyclic) bond motifs is 2. The van der Waals surface area contributed by atoms with E-state index in [0.717, 1.165) is 12.8 Å². The predicted molar refractivity (Wildman–Crippen MR) is 75.5 cm³/mol. The quantitative estimate of drug-likeness (QED) is 0.552. The van der Waals surface area contributed by atoms with Gasteiger partial charge in [-0.15, -0.1) is 0 Å². The zero-order valence-corrected chi connectivity index (χ0v) is 12.3. The number of carbonyl (C=O) groups is 4. The average molecular weight is 308 g/mol. The van der Waals surface area contributed by atoms with Crippen molar-refractivity contribution in [3.8, 4) is 0 Å². The van der Waals surface area contributed by atoms with Crippen LogP contribution in [0.2, 0.25) is 0 Å². The van der Waals surface area contributed by atoms with Crippen LogP contribution in [0.4, 0.5) is 0 Å². The summed E-state index contributed by atoms with van der Waals surface area (Å²) in [6, 6.07) is -1.07. The summed E-state index contributed by atoms with van der Waals surface area (Å²) < 4.78 is 0. The molecule has 3 heterocycles. The Morgan fingerprint density at radius 1 is 0.727 bits per heavy atom. The first-order valence-corrected chi connectivity index (χ1v) is 7.72. The molecule has 120 valence electrons. The van der Waals surface area contributed by atoms with Crippen LogP contribution in [0.3, 0.4) is 0 Å². The van der Waals surface area contributed by atoms with Gasteiger partial charge >= 0.3 is 0 Å². The van der Waals surface area contributed by atoms with Gasteiger partial charge in [0.15, 0.2) is 0 Å². The van der Waals surface area contributed by atoms with Gasteiger partial charge in [0.25, 0.3) is 0 Å². The van der Waals surface area contributed by atoms with Crippen LogP contribution < -0.4 is 10.6 Å². The summed E-state index contributed by atoms with van der Waals surface area (Å²) in [5, 5.41) is 5.23. The predicted octanol–water partition coefficient (Wildman–Crippen LogP) is -1.79. The molecule has 0 bridgehead atoms. The molecule has 3 rings (SSSR count).